The third-order valence-corrected chi connectivity index (χ3v) is 5.94. The predicted molar refractivity (Wildman–Crippen MR) is 114 cm³/mol. The molecule has 0 unspecified atom stereocenters. The van der Waals surface area contributed by atoms with Gasteiger partial charge in [0.15, 0.2) is 11.5 Å². The second kappa shape index (κ2) is 8.92. The number of halogens is 2. The van der Waals surface area contributed by atoms with E-state index < -0.39 is 0 Å². The summed E-state index contributed by atoms with van der Waals surface area (Å²) in [6.45, 7) is 2.53. The van der Waals surface area contributed by atoms with E-state index in [4.69, 9.17) is 27.5 Å². The Balaban J connectivity index is 1.99. The molecule has 0 saturated carbocycles. The molecule has 0 radical (unpaired) electrons. The average molecular weight is 467 g/mol. The molecule has 27 heavy (non-hydrogen) atoms. The largest absolute Gasteiger partial charge is 0.490 e. The summed E-state index contributed by atoms with van der Waals surface area (Å²) >= 11 is 11.1. The summed E-state index contributed by atoms with van der Waals surface area (Å²) in [5.74, 6) is 4.06. The van der Waals surface area contributed by atoms with Crippen LogP contribution < -0.4 is 14.4 Å². The molecule has 3 rings (SSSR count). The fraction of sp³-hybridized carbons (Fsp3) is 0.250. The summed E-state index contributed by atoms with van der Waals surface area (Å²) < 4.78 is 12.1. The van der Waals surface area contributed by atoms with Gasteiger partial charge >= 0.3 is 0 Å². The van der Waals surface area contributed by atoms with E-state index in [0.717, 1.165) is 15.7 Å². The van der Waals surface area contributed by atoms with Crippen molar-refractivity contribution in [1.29, 1.82) is 0 Å². The highest BCUT2D eigenvalue weighted by Gasteiger charge is 2.35. The Morgan fingerprint density at radius 3 is 2.74 bits per heavy atom. The average Bonchev–Trinajstić information content (AvgIpc) is 3.03. The number of carbonyl (C=O) groups excluding carboxylic acids is 1. The number of hydrogen-bond donors (Lipinski definition) is 0. The van der Waals surface area contributed by atoms with Gasteiger partial charge in [0.05, 0.1) is 16.8 Å². The first-order valence-electron chi connectivity index (χ1n) is 8.27. The van der Waals surface area contributed by atoms with Gasteiger partial charge in [-0.3, -0.25) is 9.69 Å². The first kappa shape index (κ1) is 19.9. The van der Waals surface area contributed by atoms with Crippen LogP contribution in [0.2, 0.25) is 5.02 Å². The molecule has 1 atom stereocenters. The fourth-order valence-electron chi connectivity index (χ4n) is 2.80. The minimum absolute atomic E-state index is 0.0501. The number of anilines is 1. The van der Waals surface area contributed by atoms with Crippen molar-refractivity contribution in [3.8, 4) is 23.8 Å². The molecule has 0 aromatic heterocycles. The molecule has 140 valence electrons. The fourth-order valence-corrected chi connectivity index (χ4v) is 4.66. The molecule has 1 fully saturated rings. The van der Waals surface area contributed by atoms with Crippen molar-refractivity contribution in [3.05, 3.63) is 51.5 Å². The predicted octanol–water partition coefficient (Wildman–Crippen LogP) is 5.29. The number of carbonyl (C=O) groups is 1. The molecule has 0 spiro atoms. The lowest BCUT2D eigenvalue weighted by Gasteiger charge is -2.25. The van der Waals surface area contributed by atoms with Gasteiger partial charge in [0, 0.05) is 10.7 Å². The number of terminal acetylenes is 1. The summed E-state index contributed by atoms with van der Waals surface area (Å²) in [6, 6.07) is 11.1. The molecule has 7 heteroatoms. The van der Waals surface area contributed by atoms with E-state index in [2.05, 4.69) is 21.9 Å². The second-order valence-corrected chi connectivity index (χ2v) is 8.02. The van der Waals surface area contributed by atoms with Crippen LogP contribution in [0.5, 0.6) is 11.5 Å². The summed E-state index contributed by atoms with van der Waals surface area (Å²) in [7, 11) is 0. The lowest BCUT2D eigenvalue weighted by Crippen LogP contribution is -2.27. The maximum atomic E-state index is 12.5. The summed E-state index contributed by atoms with van der Waals surface area (Å²) in [5.41, 5.74) is 1.74. The second-order valence-electron chi connectivity index (χ2n) is 5.66. The van der Waals surface area contributed by atoms with Crippen LogP contribution in [0.1, 0.15) is 17.9 Å². The molecule has 0 bridgehead atoms. The number of amides is 1. The van der Waals surface area contributed by atoms with Gasteiger partial charge in [-0.15, -0.1) is 18.2 Å². The maximum absolute atomic E-state index is 12.5. The van der Waals surface area contributed by atoms with Crippen LogP contribution in [0.3, 0.4) is 0 Å². The zero-order valence-corrected chi connectivity index (χ0v) is 17.7. The highest BCUT2D eigenvalue weighted by Crippen LogP contribution is 2.46. The summed E-state index contributed by atoms with van der Waals surface area (Å²) in [6.07, 6.45) is 5.30. The normalized spacial score (nSPS) is 16.3. The van der Waals surface area contributed by atoms with Crippen LogP contribution >= 0.6 is 39.3 Å². The lowest BCUT2D eigenvalue weighted by atomic mass is 10.1. The Hall–Kier alpha value is -1.81. The van der Waals surface area contributed by atoms with E-state index >= 15 is 0 Å². The maximum Gasteiger partial charge on any atom is 0.238 e. The number of rotatable bonds is 6. The highest BCUT2D eigenvalue weighted by atomic mass is 79.9. The van der Waals surface area contributed by atoms with Crippen LogP contribution in [-0.4, -0.2) is 24.9 Å². The van der Waals surface area contributed by atoms with E-state index in [0.29, 0.717) is 28.9 Å². The zero-order valence-electron chi connectivity index (χ0n) is 14.6. The van der Waals surface area contributed by atoms with Gasteiger partial charge in [-0.2, -0.15) is 0 Å². The van der Waals surface area contributed by atoms with Gasteiger partial charge in [-0.05, 0) is 64.8 Å². The molecule has 1 amide bonds. The van der Waals surface area contributed by atoms with Gasteiger partial charge in [0.1, 0.15) is 12.0 Å². The van der Waals surface area contributed by atoms with Crippen LogP contribution in [0.15, 0.2) is 40.9 Å². The van der Waals surface area contributed by atoms with E-state index in [1.807, 2.05) is 31.2 Å². The van der Waals surface area contributed by atoms with Crippen molar-refractivity contribution >= 4 is 50.9 Å². The summed E-state index contributed by atoms with van der Waals surface area (Å²) in [5, 5.41) is 0.460. The van der Waals surface area contributed by atoms with E-state index in [1.54, 1.807) is 28.8 Å². The van der Waals surface area contributed by atoms with E-state index in [9.17, 15) is 4.79 Å². The smallest absolute Gasteiger partial charge is 0.238 e. The van der Waals surface area contributed by atoms with E-state index in [-0.39, 0.29) is 17.9 Å². The van der Waals surface area contributed by atoms with Crippen LogP contribution in [0.25, 0.3) is 0 Å². The number of ether oxygens (including phenoxy) is 2. The quantitative estimate of drug-likeness (QED) is 0.542. The molecule has 1 aliphatic heterocycles. The van der Waals surface area contributed by atoms with Gasteiger partial charge in [-0.1, -0.05) is 17.5 Å². The highest BCUT2D eigenvalue weighted by molar-refractivity contribution is 9.10. The minimum atomic E-state index is -0.170. The zero-order chi connectivity index (χ0) is 19.4. The third kappa shape index (κ3) is 4.37. The van der Waals surface area contributed by atoms with Gasteiger partial charge in [-0.25, -0.2) is 0 Å². The molecule has 4 nitrogen and oxygen atoms in total. The molecule has 0 aliphatic carbocycles. The molecule has 2 aromatic rings. The third-order valence-electron chi connectivity index (χ3n) is 3.89. The number of benzene rings is 2. The van der Waals surface area contributed by atoms with Crippen molar-refractivity contribution in [1.82, 2.24) is 0 Å². The molecule has 1 aliphatic rings. The number of hydrogen-bond acceptors (Lipinski definition) is 4. The van der Waals surface area contributed by atoms with Crippen molar-refractivity contribution in [2.75, 3.05) is 23.9 Å². The Bertz CT molecular complexity index is 882. The molecule has 2 aromatic carbocycles. The Morgan fingerprint density at radius 1 is 1.33 bits per heavy atom. The SMILES string of the molecule is C#CCOc1c(Br)cc([C@H]2SCC(=O)N2c2ccc(Cl)cc2)cc1OCC. The van der Waals surface area contributed by atoms with Crippen molar-refractivity contribution in [2.24, 2.45) is 0 Å². The van der Waals surface area contributed by atoms with Crippen molar-refractivity contribution in [2.45, 2.75) is 12.3 Å². The monoisotopic (exact) mass is 465 g/mol. The molecular weight excluding hydrogens is 450 g/mol. The molecular formula is C20H17BrClNO3S. The van der Waals surface area contributed by atoms with E-state index in [1.165, 1.54) is 0 Å². The van der Waals surface area contributed by atoms with Gasteiger partial charge in [0.2, 0.25) is 5.91 Å². The van der Waals surface area contributed by atoms with Crippen molar-refractivity contribution < 1.29 is 14.3 Å². The van der Waals surface area contributed by atoms with Crippen LogP contribution in [0, 0.1) is 12.3 Å². The number of nitrogens with zero attached hydrogens (tertiary/aromatic N) is 1. The van der Waals surface area contributed by atoms with Gasteiger partial charge in [0.25, 0.3) is 0 Å². The Labute approximate surface area is 176 Å². The van der Waals surface area contributed by atoms with Crippen molar-refractivity contribution in [3.63, 3.8) is 0 Å². The van der Waals surface area contributed by atoms with Crippen LogP contribution in [-0.2, 0) is 4.79 Å². The summed E-state index contributed by atoms with van der Waals surface area (Å²) in [4.78, 5) is 14.3. The Kier molecular flexibility index (Phi) is 6.59. The van der Waals surface area contributed by atoms with Gasteiger partial charge < -0.3 is 9.47 Å². The lowest BCUT2D eigenvalue weighted by molar-refractivity contribution is -0.115. The standard InChI is InChI=1S/C20H17BrClNO3S/c1-3-9-26-19-16(21)10-13(11-17(19)25-4-2)20-23(18(24)12-27-20)15-7-5-14(22)6-8-15/h1,5-8,10-11,20H,4,9,12H2,2H3/t20-/m1/s1. The topological polar surface area (TPSA) is 38.8 Å². The molecule has 0 N–H and O–H groups in total. The minimum Gasteiger partial charge on any atom is -0.490 e. The molecule has 1 heterocycles. The first-order valence-corrected chi connectivity index (χ1v) is 10.5. The molecule has 1 saturated heterocycles. The first-order chi connectivity index (χ1) is 13.0. The number of thioether (sulfide) groups is 1. The van der Waals surface area contributed by atoms with Crippen LogP contribution in [0.4, 0.5) is 5.69 Å². The Morgan fingerprint density at radius 2 is 2.07 bits per heavy atom.